The van der Waals surface area contributed by atoms with Crippen LogP contribution in [-0.4, -0.2) is 19.3 Å². The second kappa shape index (κ2) is 4.43. The first kappa shape index (κ1) is 11.8. The average molecular weight is 319 g/mol. The SMILES string of the molecule is O=[N+]([O-])c1ccccc1-c1cn2cc(Br)cnc2n1. The van der Waals surface area contributed by atoms with E-state index in [4.69, 9.17) is 0 Å². The summed E-state index contributed by atoms with van der Waals surface area (Å²) < 4.78 is 2.53. The van der Waals surface area contributed by atoms with Gasteiger partial charge in [0.15, 0.2) is 0 Å². The van der Waals surface area contributed by atoms with Crippen molar-refractivity contribution in [3.05, 3.63) is 57.4 Å². The minimum absolute atomic E-state index is 0.0324. The summed E-state index contributed by atoms with van der Waals surface area (Å²) in [6.07, 6.45) is 5.15. The minimum Gasteiger partial charge on any atom is -0.289 e. The summed E-state index contributed by atoms with van der Waals surface area (Å²) in [4.78, 5) is 19.0. The summed E-state index contributed by atoms with van der Waals surface area (Å²) in [7, 11) is 0. The molecule has 3 aromatic rings. The molecule has 0 N–H and O–H groups in total. The van der Waals surface area contributed by atoms with Crippen molar-refractivity contribution >= 4 is 27.4 Å². The smallest absolute Gasteiger partial charge is 0.278 e. The second-order valence-corrected chi connectivity index (χ2v) is 4.80. The van der Waals surface area contributed by atoms with E-state index in [2.05, 4.69) is 25.9 Å². The van der Waals surface area contributed by atoms with Gasteiger partial charge in [-0.05, 0) is 22.0 Å². The Bertz CT molecular complexity index is 784. The van der Waals surface area contributed by atoms with Gasteiger partial charge in [0.05, 0.1) is 20.7 Å². The molecule has 94 valence electrons. The first-order chi connectivity index (χ1) is 9.15. The number of nitrogens with zero attached hydrogens (tertiary/aromatic N) is 4. The summed E-state index contributed by atoms with van der Waals surface area (Å²) in [6.45, 7) is 0. The third-order valence-corrected chi connectivity index (χ3v) is 3.06. The number of fused-ring (bicyclic) bond motifs is 1. The molecule has 0 radical (unpaired) electrons. The predicted octanol–water partition coefficient (Wildman–Crippen LogP) is 3.07. The van der Waals surface area contributed by atoms with Gasteiger partial charge in [0.25, 0.3) is 5.69 Å². The molecule has 19 heavy (non-hydrogen) atoms. The molecule has 0 atom stereocenters. The second-order valence-electron chi connectivity index (χ2n) is 3.88. The van der Waals surface area contributed by atoms with Crippen LogP contribution in [0.4, 0.5) is 5.69 Å². The van der Waals surface area contributed by atoms with E-state index in [0.29, 0.717) is 17.0 Å². The van der Waals surface area contributed by atoms with Crippen LogP contribution in [0.25, 0.3) is 17.0 Å². The van der Waals surface area contributed by atoms with E-state index in [1.165, 1.54) is 6.07 Å². The number of benzene rings is 1. The van der Waals surface area contributed by atoms with E-state index in [1.54, 1.807) is 41.2 Å². The predicted molar refractivity (Wildman–Crippen MR) is 72.8 cm³/mol. The highest BCUT2D eigenvalue weighted by Gasteiger charge is 2.16. The molecule has 2 heterocycles. The van der Waals surface area contributed by atoms with E-state index in [-0.39, 0.29) is 5.69 Å². The van der Waals surface area contributed by atoms with Gasteiger partial charge in [-0.15, -0.1) is 0 Å². The molecule has 0 spiro atoms. The number of hydrogen-bond acceptors (Lipinski definition) is 4. The molecule has 0 aliphatic carbocycles. The lowest BCUT2D eigenvalue weighted by atomic mass is 10.1. The van der Waals surface area contributed by atoms with E-state index in [0.717, 1.165) is 4.47 Å². The summed E-state index contributed by atoms with van der Waals surface area (Å²) in [6, 6.07) is 6.51. The molecule has 0 bridgehead atoms. The van der Waals surface area contributed by atoms with Crippen LogP contribution in [0.2, 0.25) is 0 Å². The van der Waals surface area contributed by atoms with Gasteiger partial charge in [-0.25, -0.2) is 9.97 Å². The number of rotatable bonds is 2. The van der Waals surface area contributed by atoms with Crippen LogP contribution >= 0.6 is 15.9 Å². The van der Waals surface area contributed by atoms with Gasteiger partial charge in [-0.2, -0.15) is 0 Å². The van der Waals surface area contributed by atoms with E-state index in [1.807, 2.05) is 0 Å². The number of imidazole rings is 1. The molecule has 0 aliphatic heterocycles. The first-order valence-corrected chi connectivity index (χ1v) is 6.18. The Morgan fingerprint density at radius 1 is 1.26 bits per heavy atom. The lowest BCUT2D eigenvalue weighted by molar-refractivity contribution is -0.384. The van der Waals surface area contributed by atoms with E-state index in [9.17, 15) is 10.1 Å². The van der Waals surface area contributed by atoms with Gasteiger partial charge in [-0.1, -0.05) is 12.1 Å². The lowest BCUT2D eigenvalue weighted by Crippen LogP contribution is -1.91. The van der Waals surface area contributed by atoms with Gasteiger partial charge >= 0.3 is 0 Å². The van der Waals surface area contributed by atoms with Crippen LogP contribution < -0.4 is 0 Å². The largest absolute Gasteiger partial charge is 0.289 e. The highest BCUT2D eigenvalue weighted by atomic mass is 79.9. The van der Waals surface area contributed by atoms with Gasteiger partial charge in [0.2, 0.25) is 5.78 Å². The molecule has 0 unspecified atom stereocenters. The van der Waals surface area contributed by atoms with Crippen LogP contribution in [-0.2, 0) is 0 Å². The molecular weight excluding hydrogens is 312 g/mol. The molecule has 0 saturated carbocycles. The molecule has 3 rings (SSSR count). The zero-order valence-corrected chi connectivity index (χ0v) is 11.1. The minimum atomic E-state index is -0.414. The molecule has 0 aliphatic rings. The Labute approximate surface area is 116 Å². The Hall–Kier alpha value is -2.28. The van der Waals surface area contributed by atoms with Crippen molar-refractivity contribution in [1.29, 1.82) is 0 Å². The Balaban J connectivity index is 2.22. The van der Waals surface area contributed by atoms with Crippen LogP contribution in [0.1, 0.15) is 0 Å². The van der Waals surface area contributed by atoms with Crippen molar-refractivity contribution in [2.75, 3.05) is 0 Å². The zero-order chi connectivity index (χ0) is 13.4. The third-order valence-electron chi connectivity index (χ3n) is 2.66. The summed E-state index contributed by atoms with van der Waals surface area (Å²) in [5.74, 6) is 0.497. The number of para-hydroxylation sites is 1. The highest BCUT2D eigenvalue weighted by molar-refractivity contribution is 9.10. The monoisotopic (exact) mass is 318 g/mol. The lowest BCUT2D eigenvalue weighted by Gasteiger charge is -1.97. The summed E-state index contributed by atoms with van der Waals surface area (Å²) >= 11 is 3.32. The number of nitro benzene ring substituents is 1. The molecule has 0 saturated heterocycles. The Morgan fingerprint density at radius 3 is 2.84 bits per heavy atom. The maximum absolute atomic E-state index is 11.0. The van der Waals surface area contributed by atoms with E-state index < -0.39 is 4.92 Å². The van der Waals surface area contributed by atoms with Crippen LogP contribution in [0.5, 0.6) is 0 Å². The number of hydrogen-bond donors (Lipinski definition) is 0. The van der Waals surface area contributed by atoms with Crippen molar-refractivity contribution in [2.45, 2.75) is 0 Å². The van der Waals surface area contributed by atoms with Crippen LogP contribution in [0.15, 0.2) is 47.3 Å². The van der Waals surface area contributed by atoms with Crippen molar-refractivity contribution < 1.29 is 4.92 Å². The molecule has 6 nitrogen and oxygen atoms in total. The fraction of sp³-hybridized carbons (Fsp3) is 0. The number of halogens is 1. The normalized spacial score (nSPS) is 10.8. The fourth-order valence-corrected chi connectivity index (χ4v) is 2.16. The van der Waals surface area contributed by atoms with Crippen molar-refractivity contribution in [3.8, 4) is 11.3 Å². The van der Waals surface area contributed by atoms with Crippen LogP contribution in [0, 0.1) is 10.1 Å². The summed E-state index contributed by atoms with van der Waals surface area (Å²) in [5.41, 5.74) is 1.04. The maximum Gasteiger partial charge on any atom is 0.278 e. The molecule has 0 amide bonds. The molecule has 7 heteroatoms. The molecular formula is C12H7BrN4O2. The van der Waals surface area contributed by atoms with Crippen LogP contribution in [0.3, 0.4) is 0 Å². The quantitative estimate of drug-likeness (QED) is 0.537. The fourth-order valence-electron chi connectivity index (χ4n) is 1.84. The van der Waals surface area contributed by atoms with E-state index >= 15 is 0 Å². The van der Waals surface area contributed by atoms with Crippen molar-refractivity contribution in [2.24, 2.45) is 0 Å². The maximum atomic E-state index is 11.0. The number of nitro groups is 1. The van der Waals surface area contributed by atoms with Crippen molar-refractivity contribution in [1.82, 2.24) is 14.4 Å². The molecule has 1 aromatic carbocycles. The molecule has 2 aromatic heterocycles. The van der Waals surface area contributed by atoms with Gasteiger partial charge in [0, 0.05) is 24.7 Å². The Morgan fingerprint density at radius 2 is 2.05 bits per heavy atom. The van der Waals surface area contributed by atoms with Crippen molar-refractivity contribution in [3.63, 3.8) is 0 Å². The average Bonchev–Trinajstić information content (AvgIpc) is 2.81. The summed E-state index contributed by atoms with van der Waals surface area (Å²) in [5, 5.41) is 11.0. The third kappa shape index (κ3) is 2.08. The standard InChI is InChI=1S/C12H7BrN4O2/c13-8-5-14-12-15-10(7-16(12)6-8)9-3-1-2-4-11(9)17(18)19/h1-7H. The first-order valence-electron chi connectivity index (χ1n) is 5.39. The topological polar surface area (TPSA) is 73.3 Å². The van der Waals surface area contributed by atoms with Gasteiger partial charge in [0.1, 0.15) is 0 Å². The Kier molecular flexibility index (Phi) is 2.75. The van der Waals surface area contributed by atoms with Gasteiger partial charge < -0.3 is 0 Å². The molecule has 0 fully saturated rings. The zero-order valence-electron chi connectivity index (χ0n) is 9.52. The van der Waals surface area contributed by atoms with Gasteiger partial charge in [-0.3, -0.25) is 14.5 Å². The highest BCUT2D eigenvalue weighted by Crippen LogP contribution is 2.28. The number of aromatic nitrogens is 3.